The predicted molar refractivity (Wildman–Crippen MR) is 113 cm³/mol. The molecule has 3 atom stereocenters. The normalized spacial score (nSPS) is 21.2. The van der Waals surface area contributed by atoms with Crippen LogP contribution in [0, 0.1) is 11.7 Å². The molecule has 1 heterocycles. The Balaban J connectivity index is 1.66. The average molecular weight is 465 g/mol. The van der Waals surface area contributed by atoms with E-state index in [9.17, 15) is 27.5 Å². The van der Waals surface area contributed by atoms with Crippen molar-refractivity contribution in [3.05, 3.63) is 54.0 Å². The van der Waals surface area contributed by atoms with Crippen LogP contribution in [-0.2, 0) is 0 Å². The van der Waals surface area contributed by atoms with Gasteiger partial charge < -0.3 is 19.6 Å². The summed E-state index contributed by atoms with van der Waals surface area (Å²) in [5, 5.41) is 13.0. The largest absolute Gasteiger partial charge is 0.483 e. The molecular formula is C24H23F4NO4. The van der Waals surface area contributed by atoms with Crippen molar-refractivity contribution in [2.24, 2.45) is 5.92 Å². The minimum absolute atomic E-state index is 0.0381. The lowest BCUT2D eigenvalue weighted by Gasteiger charge is -2.32. The summed E-state index contributed by atoms with van der Waals surface area (Å²) in [7, 11) is 0. The van der Waals surface area contributed by atoms with Crippen molar-refractivity contribution >= 4 is 16.9 Å². The first-order valence-corrected chi connectivity index (χ1v) is 10.6. The number of halogens is 4. The van der Waals surface area contributed by atoms with Gasteiger partial charge in [-0.05, 0) is 49.4 Å². The standard InChI is InChI=1S/C24H23F4NO4/c1-13-8-16(30)6-7-19(13)29-23(31)21-10-14-9-15(25)11-18(22(14)33-21)17-4-2-3-5-20(17)32-12-24(26,27)28/h2-5,9-11,13,16,19,30H,6-8,12H2,1H3,(H,29,31). The molecule has 176 valence electrons. The zero-order valence-electron chi connectivity index (χ0n) is 17.8. The zero-order chi connectivity index (χ0) is 23.8. The van der Waals surface area contributed by atoms with Gasteiger partial charge in [0.05, 0.1) is 6.10 Å². The Morgan fingerprint density at radius 2 is 1.94 bits per heavy atom. The summed E-state index contributed by atoms with van der Waals surface area (Å²) in [5.41, 5.74) is 0.551. The summed E-state index contributed by atoms with van der Waals surface area (Å²) < 4.78 is 63.1. The number of rotatable bonds is 5. The van der Waals surface area contributed by atoms with Gasteiger partial charge in [0.2, 0.25) is 0 Å². The second-order valence-corrected chi connectivity index (χ2v) is 8.41. The molecule has 5 nitrogen and oxygen atoms in total. The number of aliphatic hydroxyl groups excluding tert-OH is 1. The van der Waals surface area contributed by atoms with Crippen molar-refractivity contribution in [2.75, 3.05) is 6.61 Å². The molecule has 9 heteroatoms. The summed E-state index contributed by atoms with van der Waals surface area (Å²) >= 11 is 0. The molecule has 2 N–H and O–H groups in total. The molecule has 0 spiro atoms. The summed E-state index contributed by atoms with van der Waals surface area (Å²) in [6.45, 7) is 0.444. The van der Waals surface area contributed by atoms with E-state index >= 15 is 0 Å². The molecule has 0 bridgehead atoms. The number of carbonyl (C=O) groups excluding carboxylic acids is 1. The fraction of sp³-hybridized carbons (Fsp3) is 0.375. The Kier molecular flexibility index (Phi) is 6.34. The van der Waals surface area contributed by atoms with Crippen LogP contribution in [0.1, 0.15) is 36.7 Å². The number of para-hydroxylation sites is 1. The quantitative estimate of drug-likeness (QED) is 0.491. The van der Waals surface area contributed by atoms with E-state index < -0.39 is 24.5 Å². The minimum Gasteiger partial charge on any atom is -0.483 e. The van der Waals surface area contributed by atoms with E-state index in [4.69, 9.17) is 9.15 Å². The maximum Gasteiger partial charge on any atom is 0.422 e. The van der Waals surface area contributed by atoms with Crippen LogP contribution in [-0.4, -0.2) is 35.9 Å². The van der Waals surface area contributed by atoms with Crippen LogP contribution in [0.3, 0.4) is 0 Å². The zero-order valence-corrected chi connectivity index (χ0v) is 17.8. The van der Waals surface area contributed by atoms with Crippen molar-refractivity contribution in [1.29, 1.82) is 0 Å². The van der Waals surface area contributed by atoms with Gasteiger partial charge in [-0.1, -0.05) is 25.1 Å². The van der Waals surface area contributed by atoms with Gasteiger partial charge >= 0.3 is 6.18 Å². The van der Waals surface area contributed by atoms with Crippen LogP contribution in [0.25, 0.3) is 22.1 Å². The number of benzene rings is 2. The summed E-state index contributed by atoms with van der Waals surface area (Å²) in [6.07, 6.45) is -3.14. The molecule has 1 saturated carbocycles. The highest BCUT2D eigenvalue weighted by molar-refractivity contribution is 6.00. The van der Waals surface area contributed by atoms with E-state index in [2.05, 4.69) is 5.32 Å². The third-order valence-electron chi connectivity index (χ3n) is 5.83. The highest BCUT2D eigenvalue weighted by atomic mass is 19.4. The van der Waals surface area contributed by atoms with Gasteiger partial charge in [0, 0.05) is 22.6 Å². The number of fused-ring (bicyclic) bond motifs is 1. The fourth-order valence-corrected chi connectivity index (χ4v) is 4.22. The van der Waals surface area contributed by atoms with Gasteiger partial charge in [0.15, 0.2) is 12.4 Å². The number of hydrogen-bond acceptors (Lipinski definition) is 4. The number of ether oxygens (including phenoxy) is 1. The molecule has 1 aliphatic carbocycles. The molecule has 0 aliphatic heterocycles. The number of alkyl halides is 3. The van der Waals surface area contributed by atoms with Gasteiger partial charge in [0.25, 0.3) is 5.91 Å². The smallest absolute Gasteiger partial charge is 0.422 e. The Morgan fingerprint density at radius 1 is 1.18 bits per heavy atom. The SMILES string of the molecule is CC1CC(O)CCC1NC(=O)c1cc2cc(F)cc(-c3ccccc3OCC(F)(F)F)c2o1. The number of hydrogen-bond donors (Lipinski definition) is 2. The average Bonchev–Trinajstić information content (AvgIpc) is 3.17. The highest BCUT2D eigenvalue weighted by Crippen LogP contribution is 2.38. The van der Waals surface area contributed by atoms with Gasteiger partial charge in [-0.2, -0.15) is 13.2 Å². The highest BCUT2D eigenvalue weighted by Gasteiger charge is 2.30. The number of aliphatic hydroxyl groups is 1. The lowest BCUT2D eigenvalue weighted by molar-refractivity contribution is -0.153. The Labute approximate surface area is 187 Å². The lowest BCUT2D eigenvalue weighted by atomic mass is 9.84. The number of amides is 1. The number of furan rings is 1. The van der Waals surface area contributed by atoms with Crippen LogP contribution in [0.2, 0.25) is 0 Å². The van der Waals surface area contributed by atoms with Crippen LogP contribution < -0.4 is 10.1 Å². The van der Waals surface area contributed by atoms with E-state index in [1.54, 1.807) is 6.07 Å². The van der Waals surface area contributed by atoms with Gasteiger partial charge in [-0.3, -0.25) is 4.79 Å². The molecule has 0 saturated heterocycles. The molecule has 0 radical (unpaired) electrons. The molecule has 33 heavy (non-hydrogen) atoms. The van der Waals surface area contributed by atoms with E-state index in [-0.39, 0.29) is 46.3 Å². The minimum atomic E-state index is -4.54. The van der Waals surface area contributed by atoms with Gasteiger partial charge in [-0.25, -0.2) is 4.39 Å². The van der Waals surface area contributed by atoms with Crippen molar-refractivity contribution in [1.82, 2.24) is 5.32 Å². The van der Waals surface area contributed by atoms with E-state index in [0.29, 0.717) is 24.6 Å². The Hall–Kier alpha value is -3.07. The van der Waals surface area contributed by atoms with Crippen LogP contribution in [0.4, 0.5) is 17.6 Å². The molecular weight excluding hydrogens is 442 g/mol. The van der Waals surface area contributed by atoms with E-state index in [1.807, 2.05) is 6.92 Å². The van der Waals surface area contributed by atoms with Crippen molar-refractivity contribution in [3.8, 4) is 16.9 Å². The van der Waals surface area contributed by atoms with Crippen molar-refractivity contribution in [2.45, 2.75) is 44.5 Å². The predicted octanol–water partition coefficient (Wildman–Crippen LogP) is 5.46. The molecule has 1 amide bonds. The van der Waals surface area contributed by atoms with E-state index in [1.165, 1.54) is 30.3 Å². The number of nitrogens with one attached hydrogen (secondary N) is 1. The molecule has 2 aromatic carbocycles. The third-order valence-corrected chi connectivity index (χ3v) is 5.83. The molecule has 4 rings (SSSR count). The van der Waals surface area contributed by atoms with Crippen LogP contribution in [0.5, 0.6) is 5.75 Å². The summed E-state index contributed by atoms with van der Waals surface area (Å²) in [6, 6.07) is 9.54. The van der Waals surface area contributed by atoms with E-state index in [0.717, 1.165) is 6.07 Å². The van der Waals surface area contributed by atoms with Gasteiger partial charge in [-0.15, -0.1) is 0 Å². The molecule has 1 aromatic heterocycles. The lowest BCUT2D eigenvalue weighted by Crippen LogP contribution is -2.43. The first kappa shape index (κ1) is 23.1. The summed E-state index contributed by atoms with van der Waals surface area (Å²) in [4.78, 5) is 12.8. The Morgan fingerprint density at radius 3 is 2.67 bits per heavy atom. The third kappa shape index (κ3) is 5.30. The Bertz CT molecular complexity index is 1160. The number of carbonyl (C=O) groups is 1. The molecule has 3 aromatic rings. The second kappa shape index (κ2) is 9.05. The monoisotopic (exact) mass is 465 g/mol. The molecule has 1 fully saturated rings. The first-order chi connectivity index (χ1) is 15.6. The second-order valence-electron chi connectivity index (χ2n) is 8.41. The van der Waals surface area contributed by atoms with Crippen molar-refractivity contribution < 1.29 is 36.6 Å². The van der Waals surface area contributed by atoms with Crippen molar-refractivity contribution in [3.63, 3.8) is 0 Å². The van der Waals surface area contributed by atoms with Crippen LogP contribution in [0.15, 0.2) is 46.9 Å². The molecule has 3 unspecified atom stereocenters. The van der Waals surface area contributed by atoms with Gasteiger partial charge in [0.1, 0.15) is 17.1 Å². The fourth-order valence-electron chi connectivity index (χ4n) is 4.22. The van der Waals surface area contributed by atoms with Crippen LogP contribution >= 0.6 is 0 Å². The molecule has 1 aliphatic rings. The maximum atomic E-state index is 14.4. The summed E-state index contributed by atoms with van der Waals surface area (Å²) in [5.74, 6) is -1.16. The first-order valence-electron chi connectivity index (χ1n) is 10.6. The maximum absolute atomic E-state index is 14.4. The topological polar surface area (TPSA) is 71.7 Å².